The minimum Gasteiger partial charge on any atom is -0.467 e. The molecule has 0 aliphatic rings. The van der Waals surface area contributed by atoms with Gasteiger partial charge in [0.15, 0.2) is 0 Å². The Bertz CT molecular complexity index is 499. The molecule has 2 unspecified atom stereocenters. The van der Waals surface area contributed by atoms with Crippen molar-refractivity contribution in [2.45, 2.75) is 32.1 Å². The van der Waals surface area contributed by atoms with Crippen molar-refractivity contribution in [3.63, 3.8) is 0 Å². The Morgan fingerprint density at radius 3 is 2.68 bits per heavy atom. The van der Waals surface area contributed by atoms with Gasteiger partial charge in [0, 0.05) is 11.6 Å². The maximum Gasteiger partial charge on any atom is 0.129 e. The van der Waals surface area contributed by atoms with Gasteiger partial charge in [-0.3, -0.25) is 0 Å². The van der Waals surface area contributed by atoms with Crippen LogP contribution in [0.4, 0.5) is 4.39 Å². The maximum atomic E-state index is 13.8. The highest BCUT2D eigenvalue weighted by Gasteiger charge is 2.22. The SMILES string of the molecule is CCC(N)C(OCc1ccco1)c1ccccc1F. The molecule has 1 aromatic carbocycles. The first-order valence-electron chi connectivity index (χ1n) is 6.36. The topological polar surface area (TPSA) is 48.4 Å². The van der Waals surface area contributed by atoms with Crippen LogP contribution in [0.25, 0.3) is 0 Å². The number of benzene rings is 1. The molecule has 0 bridgehead atoms. The third kappa shape index (κ3) is 3.43. The average molecular weight is 263 g/mol. The zero-order valence-corrected chi connectivity index (χ0v) is 10.9. The van der Waals surface area contributed by atoms with Gasteiger partial charge in [0.25, 0.3) is 0 Å². The van der Waals surface area contributed by atoms with Crippen molar-refractivity contribution < 1.29 is 13.5 Å². The minimum atomic E-state index is -0.476. The van der Waals surface area contributed by atoms with Crippen molar-refractivity contribution in [2.75, 3.05) is 0 Å². The highest BCUT2D eigenvalue weighted by molar-refractivity contribution is 5.21. The molecule has 0 saturated heterocycles. The molecule has 2 aromatic rings. The van der Waals surface area contributed by atoms with E-state index in [2.05, 4.69) is 0 Å². The molecule has 0 saturated carbocycles. The van der Waals surface area contributed by atoms with Crippen molar-refractivity contribution in [3.8, 4) is 0 Å². The summed E-state index contributed by atoms with van der Waals surface area (Å²) in [6.45, 7) is 2.23. The van der Waals surface area contributed by atoms with E-state index in [0.717, 1.165) is 0 Å². The molecular weight excluding hydrogens is 245 g/mol. The van der Waals surface area contributed by atoms with Gasteiger partial charge in [0.05, 0.1) is 6.26 Å². The molecule has 0 spiro atoms. The molecule has 4 heteroatoms. The Morgan fingerprint density at radius 1 is 1.26 bits per heavy atom. The number of hydrogen-bond donors (Lipinski definition) is 1. The van der Waals surface area contributed by atoms with E-state index in [4.69, 9.17) is 14.9 Å². The number of nitrogens with two attached hydrogens (primary N) is 1. The predicted octanol–water partition coefficient (Wildman–Crippen LogP) is 3.41. The summed E-state index contributed by atoms with van der Waals surface area (Å²) in [5.74, 6) is 0.403. The zero-order chi connectivity index (χ0) is 13.7. The fourth-order valence-corrected chi connectivity index (χ4v) is 1.93. The lowest BCUT2D eigenvalue weighted by molar-refractivity contribution is 0.0105. The molecule has 0 fully saturated rings. The van der Waals surface area contributed by atoms with E-state index < -0.39 is 6.10 Å². The summed E-state index contributed by atoms with van der Waals surface area (Å²) in [6.07, 6.45) is 1.81. The molecular formula is C15H18FNO2. The summed E-state index contributed by atoms with van der Waals surface area (Å²) < 4.78 is 24.8. The first kappa shape index (κ1) is 13.8. The molecule has 3 nitrogen and oxygen atoms in total. The van der Waals surface area contributed by atoms with Crippen LogP contribution < -0.4 is 5.73 Å². The second-order valence-corrected chi connectivity index (χ2v) is 4.40. The molecule has 0 amide bonds. The van der Waals surface area contributed by atoms with E-state index in [1.165, 1.54) is 6.07 Å². The third-order valence-corrected chi connectivity index (χ3v) is 3.06. The summed E-state index contributed by atoms with van der Waals surface area (Å²) >= 11 is 0. The Kier molecular flexibility index (Phi) is 4.71. The normalized spacial score (nSPS) is 14.3. The van der Waals surface area contributed by atoms with Crippen LogP contribution in [0.2, 0.25) is 0 Å². The van der Waals surface area contributed by atoms with Gasteiger partial charge in [-0.05, 0) is 24.6 Å². The molecule has 1 heterocycles. The van der Waals surface area contributed by atoms with Crippen molar-refractivity contribution in [1.29, 1.82) is 0 Å². The Hall–Kier alpha value is -1.65. The van der Waals surface area contributed by atoms with Gasteiger partial charge in [-0.2, -0.15) is 0 Å². The second-order valence-electron chi connectivity index (χ2n) is 4.40. The lowest BCUT2D eigenvalue weighted by Crippen LogP contribution is -2.30. The fraction of sp³-hybridized carbons (Fsp3) is 0.333. The van der Waals surface area contributed by atoms with Gasteiger partial charge in [0.1, 0.15) is 24.3 Å². The van der Waals surface area contributed by atoms with Gasteiger partial charge in [-0.1, -0.05) is 25.1 Å². The summed E-state index contributed by atoms with van der Waals surface area (Å²) in [6, 6.07) is 9.90. The first-order valence-corrected chi connectivity index (χ1v) is 6.36. The fourth-order valence-electron chi connectivity index (χ4n) is 1.93. The van der Waals surface area contributed by atoms with Crippen molar-refractivity contribution in [3.05, 3.63) is 59.8 Å². The van der Waals surface area contributed by atoms with Crippen LogP contribution in [-0.4, -0.2) is 6.04 Å². The second kappa shape index (κ2) is 6.50. The number of furan rings is 1. The Labute approximate surface area is 112 Å². The van der Waals surface area contributed by atoms with Crippen LogP contribution in [-0.2, 0) is 11.3 Å². The predicted molar refractivity (Wildman–Crippen MR) is 70.9 cm³/mol. The van der Waals surface area contributed by atoms with Crippen LogP contribution in [0.15, 0.2) is 47.1 Å². The summed E-state index contributed by atoms with van der Waals surface area (Å²) in [5.41, 5.74) is 6.52. The molecule has 102 valence electrons. The van der Waals surface area contributed by atoms with Gasteiger partial charge >= 0.3 is 0 Å². The van der Waals surface area contributed by atoms with Crippen molar-refractivity contribution in [1.82, 2.24) is 0 Å². The summed E-state index contributed by atoms with van der Waals surface area (Å²) in [4.78, 5) is 0. The number of rotatable bonds is 6. The van der Waals surface area contributed by atoms with E-state index >= 15 is 0 Å². The van der Waals surface area contributed by atoms with Crippen molar-refractivity contribution in [2.24, 2.45) is 5.73 Å². The number of halogens is 1. The van der Waals surface area contributed by atoms with Crippen LogP contribution in [0.5, 0.6) is 0 Å². The summed E-state index contributed by atoms with van der Waals surface area (Å²) in [5, 5.41) is 0. The Balaban J connectivity index is 2.14. The molecule has 1 aromatic heterocycles. The molecule has 0 aliphatic carbocycles. The molecule has 2 N–H and O–H groups in total. The molecule has 0 aliphatic heterocycles. The van der Waals surface area contributed by atoms with E-state index in [0.29, 0.717) is 17.7 Å². The van der Waals surface area contributed by atoms with Crippen LogP contribution in [0, 0.1) is 5.82 Å². The molecule has 2 rings (SSSR count). The third-order valence-electron chi connectivity index (χ3n) is 3.06. The number of ether oxygens (including phenoxy) is 1. The largest absolute Gasteiger partial charge is 0.467 e. The highest BCUT2D eigenvalue weighted by Crippen LogP contribution is 2.25. The van der Waals surface area contributed by atoms with E-state index in [9.17, 15) is 4.39 Å². The molecule has 2 atom stereocenters. The van der Waals surface area contributed by atoms with Gasteiger partial charge < -0.3 is 14.9 Å². The lowest BCUT2D eigenvalue weighted by Gasteiger charge is -2.23. The number of hydrogen-bond acceptors (Lipinski definition) is 3. The van der Waals surface area contributed by atoms with E-state index in [1.54, 1.807) is 30.5 Å². The molecule has 0 radical (unpaired) electrons. The first-order chi connectivity index (χ1) is 9.22. The Morgan fingerprint density at radius 2 is 2.05 bits per heavy atom. The smallest absolute Gasteiger partial charge is 0.129 e. The van der Waals surface area contributed by atoms with Crippen LogP contribution in [0.3, 0.4) is 0 Å². The van der Waals surface area contributed by atoms with Gasteiger partial charge in [-0.25, -0.2) is 4.39 Å². The lowest BCUT2D eigenvalue weighted by atomic mass is 10.0. The average Bonchev–Trinajstić information content (AvgIpc) is 2.93. The van der Waals surface area contributed by atoms with Gasteiger partial charge in [-0.15, -0.1) is 0 Å². The quantitative estimate of drug-likeness (QED) is 0.868. The summed E-state index contributed by atoms with van der Waals surface area (Å²) in [7, 11) is 0. The standard InChI is InChI=1S/C15H18FNO2/c1-2-14(17)15(12-7-3-4-8-13(12)16)19-10-11-6-5-9-18-11/h3-9,14-15H,2,10,17H2,1H3. The minimum absolute atomic E-state index is 0.258. The van der Waals surface area contributed by atoms with E-state index in [1.807, 2.05) is 13.0 Å². The van der Waals surface area contributed by atoms with Crippen LogP contribution >= 0.6 is 0 Å². The van der Waals surface area contributed by atoms with Crippen molar-refractivity contribution >= 4 is 0 Å². The highest BCUT2D eigenvalue weighted by atomic mass is 19.1. The molecule has 19 heavy (non-hydrogen) atoms. The monoisotopic (exact) mass is 263 g/mol. The van der Waals surface area contributed by atoms with Crippen LogP contribution in [0.1, 0.15) is 30.8 Å². The zero-order valence-electron chi connectivity index (χ0n) is 10.9. The van der Waals surface area contributed by atoms with E-state index in [-0.39, 0.29) is 18.5 Å². The van der Waals surface area contributed by atoms with Gasteiger partial charge in [0.2, 0.25) is 0 Å². The maximum absolute atomic E-state index is 13.8.